The van der Waals surface area contributed by atoms with Gasteiger partial charge in [-0.05, 0) is 50.5 Å². The van der Waals surface area contributed by atoms with Crippen molar-refractivity contribution < 1.29 is 5.11 Å². The number of aliphatic hydroxyl groups is 1. The molecule has 0 radical (unpaired) electrons. The van der Waals surface area contributed by atoms with Crippen LogP contribution in [0.1, 0.15) is 40.0 Å². The molecule has 0 bridgehead atoms. The highest BCUT2D eigenvalue weighted by atomic mass is 16.3. The van der Waals surface area contributed by atoms with Crippen LogP contribution in [0.15, 0.2) is 11.6 Å². The summed E-state index contributed by atoms with van der Waals surface area (Å²) in [4.78, 5) is 0. The third-order valence-electron chi connectivity index (χ3n) is 3.84. The topological polar surface area (TPSA) is 32.3 Å². The minimum absolute atomic E-state index is 0.307. The number of allylic oxidation sites excluding steroid dienone is 1. The molecule has 0 aromatic heterocycles. The van der Waals surface area contributed by atoms with Gasteiger partial charge < -0.3 is 10.4 Å². The second-order valence-electron chi connectivity index (χ2n) is 5.38. The van der Waals surface area contributed by atoms with E-state index in [-0.39, 0.29) is 0 Å². The van der Waals surface area contributed by atoms with E-state index in [0.29, 0.717) is 12.5 Å². The Hall–Kier alpha value is -0.340. The average molecular weight is 225 g/mol. The SMILES string of the molecule is CC1=CCC[C@H](C)[C@H]1CNC[C@H](C)CCO. The first-order valence-electron chi connectivity index (χ1n) is 6.63. The van der Waals surface area contributed by atoms with E-state index in [4.69, 9.17) is 5.11 Å². The van der Waals surface area contributed by atoms with Crippen molar-refractivity contribution in [2.45, 2.75) is 40.0 Å². The van der Waals surface area contributed by atoms with Crippen molar-refractivity contribution in [3.8, 4) is 0 Å². The molecule has 0 heterocycles. The molecule has 0 fully saturated rings. The largest absolute Gasteiger partial charge is 0.396 e. The van der Waals surface area contributed by atoms with Crippen LogP contribution in [-0.4, -0.2) is 24.8 Å². The highest BCUT2D eigenvalue weighted by Gasteiger charge is 2.21. The van der Waals surface area contributed by atoms with Gasteiger partial charge in [0.2, 0.25) is 0 Å². The van der Waals surface area contributed by atoms with Crippen LogP contribution >= 0.6 is 0 Å². The zero-order valence-electron chi connectivity index (χ0n) is 11.0. The normalized spacial score (nSPS) is 27.6. The molecule has 2 N–H and O–H groups in total. The number of aliphatic hydroxyl groups excluding tert-OH is 1. The summed E-state index contributed by atoms with van der Waals surface area (Å²) in [5, 5.41) is 12.4. The van der Waals surface area contributed by atoms with Gasteiger partial charge in [-0.2, -0.15) is 0 Å². The maximum absolute atomic E-state index is 8.83. The second kappa shape index (κ2) is 7.08. The molecule has 1 aliphatic carbocycles. The molecule has 16 heavy (non-hydrogen) atoms. The van der Waals surface area contributed by atoms with Gasteiger partial charge in [-0.15, -0.1) is 0 Å². The molecule has 0 amide bonds. The van der Waals surface area contributed by atoms with Crippen LogP contribution in [0, 0.1) is 17.8 Å². The Morgan fingerprint density at radius 3 is 2.94 bits per heavy atom. The van der Waals surface area contributed by atoms with Crippen LogP contribution in [0.3, 0.4) is 0 Å². The Labute approximate surface area is 100 Å². The number of rotatable bonds is 6. The summed E-state index contributed by atoms with van der Waals surface area (Å²) < 4.78 is 0. The fourth-order valence-electron chi connectivity index (χ4n) is 2.55. The minimum atomic E-state index is 0.307. The van der Waals surface area contributed by atoms with Crippen molar-refractivity contribution in [2.24, 2.45) is 17.8 Å². The average Bonchev–Trinajstić information content (AvgIpc) is 2.23. The van der Waals surface area contributed by atoms with Crippen LogP contribution in [-0.2, 0) is 0 Å². The predicted octanol–water partition coefficient (Wildman–Crippen LogP) is 2.59. The lowest BCUT2D eigenvalue weighted by atomic mass is 9.80. The molecule has 3 atom stereocenters. The summed E-state index contributed by atoms with van der Waals surface area (Å²) in [6.45, 7) is 9.24. The Balaban J connectivity index is 2.25. The Morgan fingerprint density at radius 2 is 2.31 bits per heavy atom. The third kappa shape index (κ3) is 4.26. The molecule has 2 nitrogen and oxygen atoms in total. The number of nitrogens with one attached hydrogen (secondary N) is 1. The zero-order valence-corrected chi connectivity index (χ0v) is 11.0. The molecule has 0 saturated carbocycles. The van der Waals surface area contributed by atoms with Crippen molar-refractivity contribution in [1.29, 1.82) is 0 Å². The maximum Gasteiger partial charge on any atom is 0.0434 e. The van der Waals surface area contributed by atoms with Crippen LogP contribution in [0.25, 0.3) is 0 Å². The molecule has 0 aliphatic heterocycles. The zero-order chi connectivity index (χ0) is 12.0. The van der Waals surface area contributed by atoms with Crippen LogP contribution in [0.2, 0.25) is 0 Å². The first-order valence-corrected chi connectivity index (χ1v) is 6.63. The molecular formula is C14H27NO. The Kier molecular flexibility index (Phi) is 6.07. The molecule has 0 aromatic rings. The smallest absolute Gasteiger partial charge is 0.0434 e. The Bertz CT molecular complexity index is 225. The van der Waals surface area contributed by atoms with E-state index < -0.39 is 0 Å². The van der Waals surface area contributed by atoms with Gasteiger partial charge >= 0.3 is 0 Å². The lowest BCUT2D eigenvalue weighted by Gasteiger charge is -2.29. The first-order chi connectivity index (χ1) is 7.65. The number of hydrogen-bond acceptors (Lipinski definition) is 2. The lowest BCUT2D eigenvalue weighted by molar-refractivity contribution is 0.257. The molecule has 0 saturated heterocycles. The van der Waals surface area contributed by atoms with Crippen molar-refractivity contribution >= 4 is 0 Å². The van der Waals surface area contributed by atoms with Crippen molar-refractivity contribution in [3.63, 3.8) is 0 Å². The lowest BCUT2D eigenvalue weighted by Crippen LogP contribution is -2.32. The summed E-state index contributed by atoms with van der Waals surface area (Å²) in [5.74, 6) is 2.11. The van der Waals surface area contributed by atoms with Crippen LogP contribution in [0.4, 0.5) is 0 Å². The summed E-state index contributed by atoms with van der Waals surface area (Å²) in [7, 11) is 0. The summed E-state index contributed by atoms with van der Waals surface area (Å²) >= 11 is 0. The van der Waals surface area contributed by atoms with E-state index in [0.717, 1.165) is 31.3 Å². The van der Waals surface area contributed by atoms with Crippen molar-refractivity contribution in [1.82, 2.24) is 5.32 Å². The fraction of sp³-hybridized carbons (Fsp3) is 0.857. The molecule has 1 aliphatic rings. The van der Waals surface area contributed by atoms with E-state index >= 15 is 0 Å². The van der Waals surface area contributed by atoms with Gasteiger partial charge in [0, 0.05) is 13.2 Å². The molecule has 94 valence electrons. The van der Waals surface area contributed by atoms with E-state index in [9.17, 15) is 0 Å². The monoisotopic (exact) mass is 225 g/mol. The first kappa shape index (κ1) is 13.7. The quantitative estimate of drug-likeness (QED) is 0.681. The van der Waals surface area contributed by atoms with Gasteiger partial charge in [-0.25, -0.2) is 0 Å². The van der Waals surface area contributed by atoms with Crippen LogP contribution < -0.4 is 5.32 Å². The summed E-state index contributed by atoms with van der Waals surface area (Å²) in [6, 6.07) is 0. The molecule has 0 spiro atoms. The van der Waals surface area contributed by atoms with Gasteiger partial charge in [0.1, 0.15) is 0 Å². The molecule has 0 aromatic carbocycles. The molecule has 2 heteroatoms. The highest BCUT2D eigenvalue weighted by Crippen LogP contribution is 2.29. The van der Waals surface area contributed by atoms with E-state index in [1.807, 2.05) is 0 Å². The van der Waals surface area contributed by atoms with Gasteiger partial charge in [-0.1, -0.05) is 25.5 Å². The summed E-state index contributed by atoms with van der Waals surface area (Å²) in [6.07, 6.45) is 5.88. The van der Waals surface area contributed by atoms with E-state index in [1.54, 1.807) is 5.57 Å². The number of hydrogen-bond donors (Lipinski definition) is 2. The van der Waals surface area contributed by atoms with E-state index in [2.05, 4.69) is 32.2 Å². The van der Waals surface area contributed by atoms with Crippen LogP contribution in [0.5, 0.6) is 0 Å². The van der Waals surface area contributed by atoms with Gasteiger partial charge in [0.15, 0.2) is 0 Å². The molecule has 0 unspecified atom stereocenters. The molecule has 1 rings (SSSR count). The fourth-order valence-corrected chi connectivity index (χ4v) is 2.55. The summed E-state index contributed by atoms with van der Waals surface area (Å²) in [5.41, 5.74) is 1.56. The highest BCUT2D eigenvalue weighted by molar-refractivity contribution is 5.09. The third-order valence-corrected chi connectivity index (χ3v) is 3.84. The van der Waals surface area contributed by atoms with Gasteiger partial charge in [0.05, 0.1) is 0 Å². The van der Waals surface area contributed by atoms with E-state index in [1.165, 1.54) is 12.8 Å². The predicted molar refractivity (Wildman–Crippen MR) is 69.4 cm³/mol. The van der Waals surface area contributed by atoms with Gasteiger partial charge in [-0.3, -0.25) is 0 Å². The van der Waals surface area contributed by atoms with Crippen molar-refractivity contribution in [3.05, 3.63) is 11.6 Å². The van der Waals surface area contributed by atoms with Gasteiger partial charge in [0.25, 0.3) is 0 Å². The minimum Gasteiger partial charge on any atom is -0.396 e. The van der Waals surface area contributed by atoms with Crippen molar-refractivity contribution in [2.75, 3.05) is 19.7 Å². The Morgan fingerprint density at radius 1 is 1.56 bits per heavy atom. The maximum atomic E-state index is 8.83. The standard InChI is InChI=1S/C14H27NO/c1-11(7-8-16)9-15-10-14-12(2)5-4-6-13(14)3/h5,11,13-16H,4,6-10H2,1-3H3/t11-,13+,14+/m1/s1. The second-order valence-corrected chi connectivity index (χ2v) is 5.38. The molecular weight excluding hydrogens is 198 g/mol.